The predicted octanol–water partition coefficient (Wildman–Crippen LogP) is 2.58. The van der Waals surface area contributed by atoms with Gasteiger partial charge in [0.05, 0.1) is 0 Å². The first-order valence-corrected chi connectivity index (χ1v) is 10.5. The Hall–Kier alpha value is 0.387. The normalized spacial score (nSPS) is 9.45. The summed E-state index contributed by atoms with van der Waals surface area (Å²) in [5, 5.41) is 24.7. The lowest BCUT2D eigenvalue weighted by Crippen LogP contribution is -1.89. The number of hydrogen-bond donors (Lipinski definition) is 3. The van der Waals surface area contributed by atoms with E-state index >= 15 is 0 Å². The molecule has 0 amide bonds. The van der Waals surface area contributed by atoms with Crippen molar-refractivity contribution in [3.63, 3.8) is 0 Å². The van der Waals surface area contributed by atoms with Crippen molar-refractivity contribution < 1.29 is 15.3 Å². The van der Waals surface area contributed by atoms with Crippen molar-refractivity contribution in [3.05, 3.63) is 0 Å². The molecule has 0 fully saturated rings. The molecular formula is C15H39ClO3Si. The van der Waals surface area contributed by atoms with E-state index in [9.17, 15) is 0 Å². The molecule has 3 nitrogen and oxygen atoms in total. The number of aliphatic hydroxyl groups excluding tert-OH is 3. The van der Waals surface area contributed by atoms with Crippen molar-refractivity contribution in [2.45, 2.75) is 60.8 Å². The molecule has 3 N–H and O–H groups in total. The van der Waals surface area contributed by atoms with Crippen LogP contribution < -0.4 is 0 Å². The summed E-state index contributed by atoms with van der Waals surface area (Å²) < 4.78 is 0. The van der Waals surface area contributed by atoms with Crippen molar-refractivity contribution >= 4 is 20.6 Å². The van der Waals surface area contributed by atoms with Gasteiger partial charge in [0.2, 0.25) is 0 Å². The molecule has 0 saturated carbocycles. The van der Waals surface area contributed by atoms with Gasteiger partial charge >= 0.3 is 0 Å². The highest BCUT2D eigenvalue weighted by Gasteiger charge is 1.87. The van der Waals surface area contributed by atoms with Gasteiger partial charge in [-0.15, -0.1) is 0 Å². The lowest BCUT2D eigenvalue weighted by Gasteiger charge is -1.95. The van der Waals surface area contributed by atoms with Crippen molar-refractivity contribution in [1.82, 2.24) is 0 Å². The minimum absolute atomic E-state index is 0.331. The molecule has 0 aliphatic heterocycles. The predicted molar refractivity (Wildman–Crippen MR) is 95.4 cm³/mol. The third-order valence-corrected chi connectivity index (χ3v) is 2.12. The Morgan fingerprint density at radius 1 is 0.600 bits per heavy atom. The highest BCUT2D eigenvalue weighted by atomic mass is 35.6. The molecule has 0 unspecified atom stereocenters. The molecule has 0 spiro atoms. The standard InChI is InChI=1S/3C5H12O.ClH3Si/c3*1-5(2)3-4-6;1-2/h3*5-6H,3-4H2,1-2H3;2H3. The van der Waals surface area contributed by atoms with Crippen molar-refractivity contribution in [2.24, 2.45) is 17.8 Å². The zero-order valence-electron chi connectivity index (χ0n) is 14.7. The first-order valence-electron chi connectivity index (χ1n) is 7.52. The first-order chi connectivity index (χ1) is 9.31. The Balaban J connectivity index is -0.0000000902. The SMILES string of the molecule is CC(C)CCO.CC(C)CCO.CC(C)CCO.[SiH3]Cl. The summed E-state index contributed by atoms with van der Waals surface area (Å²) in [7, 11) is 0.778. The lowest BCUT2D eigenvalue weighted by molar-refractivity contribution is 0.267. The van der Waals surface area contributed by atoms with Gasteiger partial charge in [-0.05, 0) is 37.0 Å². The van der Waals surface area contributed by atoms with Gasteiger partial charge in [-0.2, -0.15) is 11.1 Å². The molecule has 0 atom stereocenters. The maximum Gasteiger partial charge on any atom is 0.109 e. The summed E-state index contributed by atoms with van der Waals surface area (Å²) >= 11 is 4.78. The van der Waals surface area contributed by atoms with Crippen molar-refractivity contribution in [1.29, 1.82) is 0 Å². The molecule has 128 valence electrons. The summed E-state index contributed by atoms with van der Waals surface area (Å²) in [5.74, 6) is 1.94. The smallest absolute Gasteiger partial charge is 0.109 e. The van der Waals surface area contributed by atoms with E-state index in [-0.39, 0.29) is 0 Å². The van der Waals surface area contributed by atoms with Crippen LogP contribution in [0.25, 0.3) is 0 Å². The number of hydrogen-bond acceptors (Lipinski definition) is 3. The van der Waals surface area contributed by atoms with Crippen LogP contribution in [0.4, 0.5) is 0 Å². The molecule has 5 heteroatoms. The zero-order chi connectivity index (χ0) is 17.0. The van der Waals surface area contributed by atoms with Crippen LogP contribution in [0.1, 0.15) is 60.8 Å². The molecule has 0 radical (unpaired) electrons. The topological polar surface area (TPSA) is 60.7 Å². The second-order valence-corrected chi connectivity index (χ2v) is 5.72. The van der Waals surface area contributed by atoms with Crippen LogP contribution in [-0.2, 0) is 0 Å². The fourth-order valence-electron chi connectivity index (χ4n) is 0.775. The van der Waals surface area contributed by atoms with E-state index < -0.39 is 0 Å². The van der Waals surface area contributed by atoms with Crippen LogP contribution >= 0.6 is 11.1 Å². The molecular weight excluding hydrogens is 292 g/mol. The van der Waals surface area contributed by atoms with E-state index in [2.05, 4.69) is 41.5 Å². The third-order valence-electron chi connectivity index (χ3n) is 2.12. The van der Waals surface area contributed by atoms with Crippen molar-refractivity contribution in [3.8, 4) is 0 Å². The lowest BCUT2D eigenvalue weighted by atomic mass is 10.2. The molecule has 0 saturated heterocycles. The Morgan fingerprint density at radius 3 is 0.750 bits per heavy atom. The van der Waals surface area contributed by atoms with Gasteiger partial charge in [0, 0.05) is 19.8 Å². The van der Waals surface area contributed by atoms with Crippen LogP contribution in [-0.4, -0.2) is 44.7 Å². The van der Waals surface area contributed by atoms with Crippen molar-refractivity contribution in [2.75, 3.05) is 19.8 Å². The number of rotatable bonds is 6. The molecule has 0 aliphatic rings. The minimum Gasteiger partial charge on any atom is -0.396 e. The van der Waals surface area contributed by atoms with Crippen LogP contribution in [0.2, 0.25) is 0 Å². The van der Waals surface area contributed by atoms with Gasteiger partial charge in [-0.1, -0.05) is 41.5 Å². The Bertz CT molecular complexity index is 111. The highest BCUT2D eigenvalue weighted by Crippen LogP contribution is 1.95. The molecule has 0 aromatic carbocycles. The van der Waals surface area contributed by atoms with Crippen LogP contribution in [0, 0.1) is 17.8 Å². The Kier molecular flexibility index (Phi) is 39.5. The molecule has 0 bridgehead atoms. The second kappa shape index (κ2) is 27.7. The van der Waals surface area contributed by atoms with E-state index in [1.807, 2.05) is 0 Å². The number of aliphatic hydroxyl groups is 3. The van der Waals surface area contributed by atoms with Gasteiger partial charge in [-0.3, -0.25) is 0 Å². The summed E-state index contributed by atoms with van der Waals surface area (Å²) in [6, 6.07) is 0. The van der Waals surface area contributed by atoms with Gasteiger partial charge in [0.15, 0.2) is 0 Å². The first kappa shape index (κ1) is 28.5. The average molecular weight is 331 g/mol. The third kappa shape index (κ3) is 63.1. The summed E-state index contributed by atoms with van der Waals surface area (Å²) in [5.41, 5.74) is 0. The molecule has 0 aliphatic carbocycles. The van der Waals surface area contributed by atoms with Crippen LogP contribution in [0.5, 0.6) is 0 Å². The number of halogens is 1. The van der Waals surface area contributed by atoms with E-state index in [4.69, 9.17) is 26.4 Å². The Morgan fingerprint density at radius 2 is 0.750 bits per heavy atom. The average Bonchev–Trinajstić information content (AvgIpc) is 2.32. The zero-order valence-corrected chi connectivity index (χ0v) is 17.5. The van der Waals surface area contributed by atoms with Gasteiger partial charge < -0.3 is 15.3 Å². The molecule has 20 heavy (non-hydrogen) atoms. The Labute approximate surface area is 134 Å². The molecule has 0 heterocycles. The van der Waals surface area contributed by atoms with E-state index in [1.165, 1.54) is 0 Å². The molecule has 0 aromatic heterocycles. The highest BCUT2D eigenvalue weighted by molar-refractivity contribution is 6.80. The van der Waals surface area contributed by atoms with E-state index in [1.54, 1.807) is 0 Å². The quantitative estimate of drug-likeness (QED) is 0.518. The maximum atomic E-state index is 8.24. The van der Waals surface area contributed by atoms with Crippen LogP contribution in [0.3, 0.4) is 0 Å². The molecule has 0 rings (SSSR count). The fourth-order valence-corrected chi connectivity index (χ4v) is 0.775. The van der Waals surface area contributed by atoms with Gasteiger partial charge in [-0.25, -0.2) is 0 Å². The summed E-state index contributed by atoms with van der Waals surface area (Å²) in [4.78, 5) is 0. The second-order valence-electron chi connectivity index (χ2n) is 5.72. The monoisotopic (exact) mass is 330 g/mol. The largest absolute Gasteiger partial charge is 0.396 e. The van der Waals surface area contributed by atoms with E-state index in [0.29, 0.717) is 37.6 Å². The fraction of sp³-hybridized carbons (Fsp3) is 1.00. The summed E-state index contributed by atoms with van der Waals surface area (Å²) in [6.07, 6.45) is 2.79. The van der Waals surface area contributed by atoms with E-state index in [0.717, 1.165) is 28.8 Å². The summed E-state index contributed by atoms with van der Waals surface area (Å²) in [6.45, 7) is 13.6. The minimum atomic E-state index is 0.331. The maximum absolute atomic E-state index is 8.24. The molecule has 0 aromatic rings. The van der Waals surface area contributed by atoms with Crippen LogP contribution in [0.15, 0.2) is 0 Å². The van der Waals surface area contributed by atoms with Gasteiger partial charge in [0.1, 0.15) is 9.55 Å². The van der Waals surface area contributed by atoms with Gasteiger partial charge in [0.25, 0.3) is 0 Å².